The van der Waals surface area contributed by atoms with E-state index in [-0.39, 0.29) is 5.91 Å². The van der Waals surface area contributed by atoms with Crippen LogP contribution in [0.15, 0.2) is 59.5 Å². The first-order chi connectivity index (χ1) is 11.2. The fourth-order valence-electron chi connectivity index (χ4n) is 2.04. The Balaban J connectivity index is 1.55. The van der Waals surface area contributed by atoms with Gasteiger partial charge in [-0.15, -0.1) is 5.10 Å². The van der Waals surface area contributed by atoms with Gasteiger partial charge in [-0.3, -0.25) is 9.78 Å². The van der Waals surface area contributed by atoms with Crippen LogP contribution in [0.3, 0.4) is 0 Å². The maximum Gasteiger partial charge on any atom is 0.224 e. The van der Waals surface area contributed by atoms with Crippen molar-refractivity contribution >= 4 is 21.8 Å². The number of carbonyl (C=O) groups excluding carboxylic acids is 1. The van der Waals surface area contributed by atoms with Crippen LogP contribution in [0.4, 0.5) is 0 Å². The minimum absolute atomic E-state index is 0.0502. The summed E-state index contributed by atoms with van der Waals surface area (Å²) in [5, 5.41) is 10.9. The molecule has 23 heavy (non-hydrogen) atoms. The number of halogens is 1. The molecule has 0 atom stereocenters. The molecule has 1 N–H and O–H groups in total. The van der Waals surface area contributed by atoms with Crippen LogP contribution >= 0.6 is 15.9 Å². The van der Waals surface area contributed by atoms with Crippen molar-refractivity contribution in [2.45, 2.75) is 13.0 Å². The Bertz CT molecular complexity index is 786. The summed E-state index contributed by atoms with van der Waals surface area (Å²) < 4.78 is 2.65. The van der Waals surface area contributed by atoms with Gasteiger partial charge in [0.15, 0.2) is 0 Å². The summed E-state index contributed by atoms with van der Waals surface area (Å²) in [6.45, 7) is 0.348. The van der Waals surface area contributed by atoms with Crippen molar-refractivity contribution in [3.8, 4) is 5.69 Å². The smallest absolute Gasteiger partial charge is 0.224 e. The zero-order chi connectivity index (χ0) is 16.1. The van der Waals surface area contributed by atoms with E-state index in [1.807, 2.05) is 36.4 Å². The van der Waals surface area contributed by atoms with Crippen molar-refractivity contribution in [1.82, 2.24) is 25.3 Å². The Kier molecular flexibility index (Phi) is 4.77. The van der Waals surface area contributed by atoms with Crippen LogP contribution in [0.1, 0.15) is 11.3 Å². The molecule has 1 amide bonds. The summed E-state index contributed by atoms with van der Waals surface area (Å²) in [4.78, 5) is 15.9. The maximum atomic E-state index is 12.0. The molecule has 0 bridgehead atoms. The van der Waals surface area contributed by atoms with E-state index in [1.165, 1.54) is 0 Å². The van der Waals surface area contributed by atoms with Crippen molar-refractivity contribution in [2.75, 3.05) is 0 Å². The molecule has 0 saturated carbocycles. The molecule has 0 aliphatic carbocycles. The first-order valence-corrected chi connectivity index (χ1v) is 7.83. The average molecular weight is 372 g/mol. The van der Waals surface area contributed by atoms with Crippen LogP contribution in [0.2, 0.25) is 0 Å². The van der Waals surface area contributed by atoms with Crippen LogP contribution in [0.25, 0.3) is 5.69 Å². The van der Waals surface area contributed by atoms with E-state index in [0.717, 1.165) is 15.7 Å². The van der Waals surface area contributed by atoms with Gasteiger partial charge in [0.2, 0.25) is 5.91 Å². The van der Waals surface area contributed by atoms with Crippen molar-refractivity contribution in [2.24, 2.45) is 0 Å². The Morgan fingerprint density at radius 3 is 2.61 bits per heavy atom. The molecule has 6 nitrogen and oxygen atoms in total. The van der Waals surface area contributed by atoms with Crippen molar-refractivity contribution in [3.63, 3.8) is 0 Å². The molecule has 0 radical (unpaired) electrons. The standard InChI is InChI=1S/C16H14BrN5O/c17-13-3-1-12(2-4-13)9-16(23)19-10-14-11-22(21-20-14)15-5-7-18-8-6-15/h1-8,11H,9-10H2,(H,19,23). The molecule has 2 heterocycles. The highest BCUT2D eigenvalue weighted by atomic mass is 79.9. The van der Waals surface area contributed by atoms with Crippen LogP contribution in [-0.2, 0) is 17.8 Å². The molecular weight excluding hydrogens is 358 g/mol. The van der Waals surface area contributed by atoms with Gasteiger partial charge >= 0.3 is 0 Å². The van der Waals surface area contributed by atoms with Crippen LogP contribution in [0.5, 0.6) is 0 Å². The Morgan fingerprint density at radius 2 is 1.87 bits per heavy atom. The lowest BCUT2D eigenvalue weighted by atomic mass is 10.1. The van der Waals surface area contributed by atoms with Crippen LogP contribution in [-0.4, -0.2) is 25.9 Å². The lowest BCUT2D eigenvalue weighted by Crippen LogP contribution is -2.24. The summed E-state index contributed by atoms with van der Waals surface area (Å²) >= 11 is 3.37. The van der Waals surface area contributed by atoms with Crippen molar-refractivity contribution in [3.05, 3.63) is 70.7 Å². The summed E-state index contributed by atoms with van der Waals surface area (Å²) in [6, 6.07) is 11.4. The monoisotopic (exact) mass is 371 g/mol. The highest BCUT2D eigenvalue weighted by Gasteiger charge is 2.06. The van der Waals surface area contributed by atoms with Crippen LogP contribution in [0, 0.1) is 0 Å². The molecule has 0 saturated heterocycles. The van der Waals surface area contributed by atoms with E-state index >= 15 is 0 Å². The number of nitrogens with one attached hydrogen (secondary N) is 1. The van der Waals surface area contributed by atoms with Gasteiger partial charge in [-0.2, -0.15) is 0 Å². The minimum Gasteiger partial charge on any atom is -0.350 e. The molecule has 0 fully saturated rings. The molecular formula is C16H14BrN5O. The average Bonchev–Trinajstić information content (AvgIpc) is 3.05. The third-order valence-corrected chi connectivity index (χ3v) is 3.74. The van der Waals surface area contributed by atoms with Gasteiger partial charge in [0, 0.05) is 16.9 Å². The van der Waals surface area contributed by atoms with Crippen LogP contribution < -0.4 is 5.32 Å². The predicted octanol–water partition coefficient (Wildman–Crippen LogP) is 2.28. The third kappa shape index (κ3) is 4.23. The number of carbonyl (C=O) groups is 1. The molecule has 0 spiro atoms. The van der Waals surface area contributed by atoms with Gasteiger partial charge in [-0.25, -0.2) is 4.68 Å². The number of hydrogen-bond donors (Lipinski definition) is 1. The minimum atomic E-state index is -0.0502. The Morgan fingerprint density at radius 1 is 1.13 bits per heavy atom. The highest BCUT2D eigenvalue weighted by molar-refractivity contribution is 9.10. The van der Waals surface area contributed by atoms with Gasteiger partial charge in [0.1, 0.15) is 5.69 Å². The second kappa shape index (κ2) is 7.15. The largest absolute Gasteiger partial charge is 0.350 e. The second-order valence-corrected chi connectivity index (χ2v) is 5.86. The summed E-state index contributed by atoms with van der Waals surface area (Å²) in [5.41, 5.74) is 2.54. The lowest BCUT2D eigenvalue weighted by molar-refractivity contribution is -0.120. The molecule has 1 aromatic carbocycles. The normalized spacial score (nSPS) is 10.5. The molecule has 0 aliphatic rings. The van der Waals surface area contributed by atoms with E-state index < -0.39 is 0 Å². The third-order valence-electron chi connectivity index (χ3n) is 3.21. The molecule has 0 aliphatic heterocycles. The molecule has 7 heteroatoms. The topological polar surface area (TPSA) is 72.7 Å². The molecule has 0 unspecified atom stereocenters. The zero-order valence-electron chi connectivity index (χ0n) is 12.2. The summed E-state index contributed by atoms with van der Waals surface area (Å²) in [7, 11) is 0. The lowest BCUT2D eigenvalue weighted by Gasteiger charge is -2.03. The number of nitrogens with zero attached hydrogens (tertiary/aromatic N) is 4. The van der Waals surface area contributed by atoms with E-state index in [9.17, 15) is 4.79 Å². The fraction of sp³-hybridized carbons (Fsp3) is 0.125. The molecule has 3 aromatic rings. The highest BCUT2D eigenvalue weighted by Crippen LogP contribution is 2.11. The quantitative estimate of drug-likeness (QED) is 0.746. The van der Waals surface area contributed by atoms with Gasteiger partial charge in [-0.1, -0.05) is 33.3 Å². The van der Waals surface area contributed by atoms with E-state index in [4.69, 9.17) is 0 Å². The van der Waals surface area contributed by atoms with E-state index in [0.29, 0.717) is 18.7 Å². The molecule has 3 rings (SSSR count). The summed E-state index contributed by atoms with van der Waals surface area (Å²) in [6.07, 6.45) is 5.51. The summed E-state index contributed by atoms with van der Waals surface area (Å²) in [5.74, 6) is -0.0502. The molecule has 116 valence electrons. The van der Waals surface area contributed by atoms with E-state index in [1.54, 1.807) is 23.3 Å². The fourth-order valence-corrected chi connectivity index (χ4v) is 2.31. The maximum absolute atomic E-state index is 12.0. The first-order valence-electron chi connectivity index (χ1n) is 7.03. The first kappa shape index (κ1) is 15.4. The zero-order valence-corrected chi connectivity index (χ0v) is 13.8. The Labute approximate surface area is 141 Å². The second-order valence-electron chi connectivity index (χ2n) is 4.94. The van der Waals surface area contributed by atoms with Gasteiger partial charge in [0.05, 0.1) is 24.8 Å². The number of pyridine rings is 1. The van der Waals surface area contributed by atoms with E-state index in [2.05, 4.69) is 36.5 Å². The number of hydrogen-bond acceptors (Lipinski definition) is 4. The molecule has 2 aromatic heterocycles. The van der Waals surface area contributed by atoms with Gasteiger partial charge < -0.3 is 5.32 Å². The predicted molar refractivity (Wildman–Crippen MR) is 88.8 cm³/mol. The SMILES string of the molecule is O=C(Cc1ccc(Br)cc1)NCc1cn(-c2ccncc2)nn1. The number of amides is 1. The van der Waals surface area contributed by atoms with Crippen molar-refractivity contribution < 1.29 is 4.79 Å². The number of aromatic nitrogens is 4. The van der Waals surface area contributed by atoms with Gasteiger partial charge in [0.25, 0.3) is 0 Å². The van der Waals surface area contributed by atoms with Gasteiger partial charge in [-0.05, 0) is 29.8 Å². The number of rotatable bonds is 5. The van der Waals surface area contributed by atoms with Crippen molar-refractivity contribution in [1.29, 1.82) is 0 Å². The number of benzene rings is 1. The Hall–Kier alpha value is -2.54.